The third-order valence-corrected chi connectivity index (χ3v) is 2.97. The Morgan fingerprint density at radius 3 is 2.95 bits per heavy atom. The number of fused-ring (bicyclic) bond motifs is 1. The molecular formula is C14H14N4O. The third-order valence-electron chi connectivity index (χ3n) is 2.97. The lowest BCUT2D eigenvalue weighted by atomic mass is 10.2. The van der Waals surface area contributed by atoms with Crippen LogP contribution in [-0.2, 0) is 6.42 Å². The van der Waals surface area contributed by atoms with Gasteiger partial charge in [-0.3, -0.25) is 4.98 Å². The number of nitrogens with zero attached hydrogens (tertiary/aromatic N) is 2. The highest BCUT2D eigenvalue weighted by molar-refractivity contribution is 5.86. The Hall–Kier alpha value is -2.40. The molecule has 0 atom stereocenters. The predicted octanol–water partition coefficient (Wildman–Crippen LogP) is 1.83. The van der Waals surface area contributed by atoms with E-state index in [1.807, 2.05) is 12.1 Å². The standard InChI is InChI=1S/C14H14N4O/c15-4-3-10-7-16-8-14(17-10)13-6-9-5-11(19)1-2-12(9)18-13/h1-2,5-8,18-19H,3-4,15H2. The summed E-state index contributed by atoms with van der Waals surface area (Å²) in [7, 11) is 0. The fourth-order valence-corrected chi connectivity index (χ4v) is 2.06. The number of hydrogen-bond acceptors (Lipinski definition) is 4. The largest absolute Gasteiger partial charge is 0.508 e. The first-order valence-electron chi connectivity index (χ1n) is 6.09. The van der Waals surface area contributed by atoms with Gasteiger partial charge in [0.2, 0.25) is 0 Å². The maximum atomic E-state index is 9.47. The van der Waals surface area contributed by atoms with Gasteiger partial charge in [-0.05, 0) is 30.8 Å². The highest BCUT2D eigenvalue weighted by Gasteiger charge is 2.06. The van der Waals surface area contributed by atoms with Gasteiger partial charge in [-0.15, -0.1) is 0 Å². The van der Waals surface area contributed by atoms with Crippen molar-refractivity contribution in [2.45, 2.75) is 6.42 Å². The Morgan fingerprint density at radius 1 is 1.21 bits per heavy atom. The fraction of sp³-hybridized carbons (Fsp3) is 0.143. The van der Waals surface area contributed by atoms with Gasteiger partial charge in [0, 0.05) is 23.5 Å². The highest BCUT2D eigenvalue weighted by Crippen LogP contribution is 2.25. The van der Waals surface area contributed by atoms with E-state index in [9.17, 15) is 5.11 Å². The summed E-state index contributed by atoms with van der Waals surface area (Å²) in [6, 6.07) is 7.16. The molecule has 1 aromatic carbocycles. The van der Waals surface area contributed by atoms with Gasteiger partial charge in [0.1, 0.15) is 11.4 Å². The van der Waals surface area contributed by atoms with Gasteiger partial charge in [0.25, 0.3) is 0 Å². The summed E-state index contributed by atoms with van der Waals surface area (Å²) in [6.45, 7) is 0.554. The van der Waals surface area contributed by atoms with Crippen molar-refractivity contribution in [1.29, 1.82) is 0 Å². The van der Waals surface area contributed by atoms with Crippen molar-refractivity contribution in [3.05, 3.63) is 42.4 Å². The number of nitrogens with one attached hydrogen (secondary N) is 1. The second-order valence-electron chi connectivity index (χ2n) is 4.39. The molecule has 0 aliphatic heterocycles. The molecule has 96 valence electrons. The minimum absolute atomic E-state index is 0.251. The molecule has 0 bridgehead atoms. The Balaban J connectivity index is 2.05. The van der Waals surface area contributed by atoms with Crippen molar-refractivity contribution in [3.8, 4) is 17.1 Å². The zero-order chi connectivity index (χ0) is 13.2. The first-order chi connectivity index (χ1) is 9.26. The zero-order valence-electron chi connectivity index (χ0n) is 10.3. The van der Waals surface area contributed by atoms with Gasteiger partial charge in [-0.2, -0.15) is 0 Å². The van der Waals surface area contributed by atoms with E-state index in [0.29, 0.717) is 13.0 Å². The van der Waals surface area contributed by atoms with Gasteiger partial charge in [-0.1, -0.05) is 0 Å². The number of benzene rings is 1. The molecule has 0 aliphatic carbocycles. The molecule has 2 heterocycles. The average molecular weight is 254 g/mol. The molecule has 5 heteroatoms. The lowest BCUT2D eigenvalue weighted by Gasteiger charge is -2.00. The second-order valence-corrected chi connectivity index (χ2v) is 4.39. The number of H-pyrrole nitrogens is 1. The molecule has 0 radical (unpaired) electrons. The molecule has 19 heavy (non-hydrogen) atoms. The topological polar surface area (TPSA) is 87.8 Å². The first kappa shape index (κ1) is 11.7. The van der Waals surface area contributed by atoms with E-state index in [1.54, 1.807) is 24.5 Å². The molecule has 2 aromatic heterocycles. The minimum Gasteiger partial charge on any atom is -0.508 e. The summed E-state index contributed by atoms with van der Waals surface area (Å²) in [6.07, 6.45) is 4.15. The monoisotopic (exact) mass is 254 g/mol. The minimum atomic E-state index is 0.251. The van der Waals surface area contributed by atoms with E-state index in [4.69, 9.17) is 5.73 Å². The quantitative estimate of drug-likeness (QED) is 0.665. The van der Waals surface area contributed by atoms with Gasteiger partial charge in [0.05, 0.1) is 17.6 Å². The molecule has 5 nitrogen and oxygen atoms in total. The number of aromatic nitrogens is 3. The summed E-state index contributed by atoms with van der Waals surface area (Å²) in [5.41, 5.74) is 9.02. The molecule has 0 fully saturated rings. The Labute approximate surface area is 110 Å². The van der Waals surface area contributed by atoms with E-state index in [0.717, 1.165) is 28.0 Å². The molecule has 0 saturated carbocycles. The van der Waals surface area contributed by atoms with Crippen LogP contribution >= 0.6 is 0 Å². The number of aromatic amines is 1. The Bertz CT molecular complexity index is 720. The first-order valence-corrected chi connectivity index (χ1v) is 6.09. The van der Waals surface area contributed by atoms with Crippen LogP contribution in [0.2, 0.25) is 0 Å². The molecule has 0 aliphatic rings. The normalized spacial score (nSPS) is 11.0. The second kappa shape index (κ2) is 4.70. The van der Waals surface area contributed by atoms with Crippen LogP contribution in [-0.4, -0.2) is 26.6 Å². The lowest BCUT2D eigenvalue weighted by Crippen LogP contribution is -2.05. The molecular weight excluding hydrogens is 240 g/mol. The number of phenols is 1. The van der Waals surface area contributed by atoms with Crippen molar-refractivity contribution >= 4 is 10.9 Å². The van der Waals surface area contributed by atoms with E-state index in [-0.39, 0.29) is 5.75 Å². The molecule has 0 saturated heterocycles. The predicted molar refractivity (Wildman–Crippen MR) is 73.7 cm³/mol. The Kier molecular flexibility index (Phi) is 2.89. The van der Waals surface area contributed by atoms with Crippen LogP contribution in [0, 0.1) is 0 Å². The van der Waals surface area contributed by atoms with Crippen molar-refractivity contribution in [2.75, 3.05) is 6.54 Å². The van der Waals surface area contributed by atoms with E-state index in [2.05, 4.69) is 15.0 Å². The van der Waals surface area contributed by atoms with Crippen LogP contribution in [0.4, 0.5) is 0 Å². The van der Waals surface area contributed by atoms with Crippen molar-refractivity contribution in [3.63, 3.8) is 0 Å². The molecule has 0 spiro atoms. The summed E-state index contributed by atoms with van der Waals surface area (Å²) in [4.78, 5) is 12.0. The van der Waals surface area contributed by atoms with Crippen molar-refractivity contribution in [2.24, 2.45) is 5.73 Å². The SMILES string of the molecule is NCCc1cncc(-c2cc3cc(O)ccc3[nH]2)n1. The van der Waals surface area contributed by atoms with Gasteiger partial charge < -0.3 is 15.8 Å². The maximum Gasteiger partial charge on any atom is 0.116 e. The van der Waals surface area contributed by atoms with Crippen LogP contribution in [0.3, 0.4) is 0 Å². The van der Waals surface area contributed by atoms with E-state index >= 15 is 0 Å². The number of phenolic OH excluding ortho intramolecular Hbond substituents is 1. The Morgan fingerprint density at radius 2 is 2.11 bits per heavy atom. The third kappa shape index (κ3) is 2.28. The number of aromatic hydroxyl groups is 1. The molecule has 3 rings (SSSR count). The number of rotatable bonds is 3. The van der Waals surface area contributed by atoms with E-state index < -0.39 is 0 Å². The lowest BCUT2D eigenvalue weighted by molar-refractivity contribution is 0.476. The van der Waals surface area contributed by atoms with Crippen LogP contribution in [0.5, 0.6) is 5.75 Å². The van der Waals surface area contributed by atoms with Crippen LogP contribution in [0.15, 0.2) is 36.7 Å². The van der Waals surface area contributed by atoms with Gasteiger partial charge in [-0.25, -0.2) is 4.98 Å². The van der Waals surface area contributed by atoms with Crippen LogP contribution in [0.1, 0.15) is 5.69 Å². The summed E-state index contributed by atoms with van der Waals surface area (Å²) in [5, 5.41) is 10.4. The summed E-state index contributed by atoms with van der Waals surface area (Å²) >= 11 is 0. The van der Waals surface area contributed by atoms with Crippen molar-refractivity contribution in [1.82, 2.24) is 15.0 Å². The molecule has 4 N–H and O–H groups in total. The smallest absolute Gasteiger partial charge is 0.116 e. The van der Waals surface area contributed by atoms with Crippen LogP contribution < -0.4 is 5.73 Å². The number of nitrogens with two attached hydrogens (primary N) is 1. The van der Waals surface area contributed by atoms with Gasteiger partial charge >= 0.3 is 0 Å². The zero-order valence-corrected chi connectivity index (χ0v) is 10.3. The van der Waals surface area contributed by atoms with Gasteiger partial charge in [0.15, 0.2) is 0 Å². The number of hydrogen-bond donors (Lipinski definition) is 3. The summed E-state index contributed by atoms with van der Waals surface area (Å²) < 4.78 is 0. The fourth-order valence-electron chi connectivity index (χ4n) is 2.06. The summed E-state index contributed by atoms with van der Waals surface area (Å²) in [5.74, 6) is 0.251. The molecule has 3 aromatic rings. The van der Waals surface area contributed by atoms with Crippen molar-refractivity contribution < 1.29 is 5.11 Å². The molecule has 0 unspecified atom stereocenters. The maximum absolute atomic E-state index is 9.47. The average Bonchev–Trinajstić information content (AvgIpc) is 2.82. The van der Waals surface area contributed by atoms with Crippen LogP contribution in [0.25, 0.3) is 22.3 Å². The van der Waals surface area contributed by atoms with E-state index in [1.165, 1.54) is 0 Å². The highest BCUT2D eigenvalue weighted by atomic mass is 16.3. The molecule has 0 amide bonds.